The monoisotopic (exact) mass is 366 g/mol. The highest BCUT2D eigenvalue weighted by Crippen LogP contribution is 2.16. The van der Waals surface area contributed by atoms with Gasteiger partial charge < -0.3 is 10.6 Å². The van der Waals surface area contributed by atoms with E-state index in [4.69, 9.17) is 11.6 Å². The Balaban J connectivity index is 1.63. The van der Waals surface area contributed by atoms with Gasteiger partial charge in [0.2, 0.25) is 0 Å². The molecule has 0 aliphatic carbocycles. The van der Waals surface area contributed by atoms with Gasteiger partial charge in [-0.2, -0.15) is 0 Å². The third kappa shape index (κ3) is 4.80. The number of amides is 1. The van der Waals surface area contributed by atoms with Crippen LogP contribution in [0.2, 0.25) is 5.02 Å². The molecule has 6 heteroatoms. The van der Waals surface area contributed by atoms with Crippen LogP contribution in [0, 0.1) is 0 Å². The van der Waals surface area contributed by atoms with Crippen LogP contribution in [0.4, 0.5) is 11.5 Å². The Morgan fingerprint density at radius 3 is 2.38 bits per heavy atom. The van der Waals surface area contributed by atoms with Crippen LogP contribution in [0.25, 0.3) is 0 Å². The molecule has 0 unspecified atom stereocenters. The van der Waals surface area contributed by atoms with E-state index in [1.54, 1.807) is 18.2 Å². The summed E-state index contributed by atoms with van der Waals surface area (Å²) in [6.45, 7) is 2.52. The Morgan fingerprint density at radius 1 is 1.00 bits per heavy atom. The standard InChI is InChI=1S/C20H19ClN4O/c1-2-14-5-9-17(10-6-14)25-19-11-18(23-13-24-19)20(26)22-12-15-3-7-16(21)8-4-15/h3-11,13H,2,12H2,1H3,(H,22,26)(H,23,24,25). The van der Waals surface area contributed by atoms with Gasteiger partial charge >= 0.3 is 0 Å². The van der Waals surface area contributed by atoms with Gasteiger partial charge in [-0.25, -0.2) is 9.97 Å². The van der Waals surface area contributed by atoms with Crippen LogP contribution < -0.4 is 10.6 Å². The fourth-order valence-corrected chi connectivity index (χ4v) is 2.52. The quantitative estimate of drug-likeness (QED) is 0.680. The zero-order valence-corrected chi connectivity index (χ0v) is 15.1. The molecule has 0 saturated carbocycles. The highest BCUT2D eigenvalue weighted by Gasteiger charge is 2.09. The third-order valence-corrected chi connectivity index (χ3v) is 4.15. The van der Waals surface area contributed by atoms with E-state index in [0.29, 0.717) is 23.1 Å². The second-order valence-electron chi connectivity index (χ2n) is 5.77. The number of halogens is 1. The molecular weight excluding hydrogens is 348 g/mol. The second kappa shape index (κ2) is 8.45. The van der Waals surface area contributed by atoms with Crippen molar-refractivity contribution in [3.8, 4) is 0 Å². The maximum atomic E-state index is 12.3. The first-order valence-electron chi connectivity index (χ1n) is 8.34. The minimum Gasteiger partial charge on any atom is -0.347 e. The molecule has 2 N–H and O–H groups in total. The van der Waals surface area contributed by atoms with Crippen molar-refractivity contribution in [1.82, 2.24) is 15.3 Å². The summed E-state index contributed by atoms with van der Waals surface area (Å²) in [7, 11) is 0. The zero-order valence-electron chi connectivity index (χ0n) is 14.4. The molecule has 3 aromatic rings. The molecular formula is C20H19ClN4O. The number of anilines is 2. The second-order valence-corrected chi connectivity index (χ2v) is 6.21. The number of carbonyl (C=O) groups is 1. The Hall–Kier alpha value is -2.92. The number of nitrogens with zero attached hydrogens (tertiary/aromatic N) is 2. The number of carbonyl (C=O) groups excluding carboxylic acids is 1. The first-order valence-corrected chi connectivity index (χ1v) is 8.72. The third-order valence-electron chi connectivity index (χ3n) is 3.90. The maximum Gasteiger partial charge on any atom is 0.270 e. The fraction of sp³-hybridized carbons (Fsp3) is 0.150. The van der Waals surface area contributed by atoms with Crippen LogP contribution in [0.5, 0.6) is 0 Å². The Kier molecular flexibility index (Phi) is 5.81. The summed E-state index contributed by atoms with van der Waals surface area (Å²) in [4.78, 5) is 20.5. The van der Waals surface area contributed by atoms with Crippen LogP contribution in [0.1, 0.15) is 28.5 Å². The van der Waals surface area contributed by atoms with E-state index in [9.17, 15) is 4.79 Å². The molecule has 0 atom stereocenters. The lowest BCUT2D eigenvalue weighted by Gasteiger charge is -2.08. The van der Waals surface area contributed by atoms with Gasteiger partial charge in [0, 0.05) is 23.3 Å². The minimum atomic E-state index is -0.258. The predicted molar refractivity (Wildman–Crippen MR) is 104 cm³/mol. The van der Waals surface area contributed by atoms with E-state index < -0.39 is 0 Å². The molecule has 0 aliphatic heterocycles. The first-order chi connectivity index (χ1) is 12.6. The van der Waals surface area contributed by atoms with E-state index in [0.717, 1.165) is 17.7 Å². The molecule has 0 radical (unpaired) electrons. The Labute approximate surface area is 157 Å². The molecule has 1 amide bonds. The molecule has 2 aromatic carbocycles. The maximum absolute atomic E-state index is 12.3. The largest absolute Gasteiger partial charge is 0.347 e. The molecule has 3 rings (SSSR count). The van der Waals surface area contributed by atoms with Crippen molar-refractivity contribution in [2.75, 3.05) is 5.32 Å². The Bertz CT molecular complexity index is 879. The van der Waals surface area contributed by atoms with Gasteiger partial charge in [0.25, 0.3) is 5.91 Å². The van der Waals surface area contributed by atoms with E-state index in [1.807, 2.05) is 24.3 Å². The number of hydrogen-bond donors (Lipinski definition) is 2. The van der Waals surface area contributed by atoms with E-state index >= 15 is 0 Å². The molecule has 1 aromatic heterocycles. The highest BCUT2D eigenvalue weighted by atomic mass is 35.5. The van der Waals surface area contributed by atoms with Crippen molar-refractivity contribution in [2.45, 2.75) is 19.9 Å². The van der Waals surface area contributed by atoms with E-state index in [1.165, 1.54) is 11.9 Å². The van der Waals surface area contributed by atoms with Crippen LogP contribution >= 0.6 is 11.6 Å². The van der Waals surface area contributed by atoms with Crippen molar-refractivity contribution in [2.24, 2.45) is 0 Å². The summed E-state index contributed by atoms with van der Waals surface area (Å²) < 4.78 is 0. The average molecular weight is 367 g/mol. The summed E-state index contributed by atoms with van der Waals surface area (Å²) in [6, 6.07) is 17.0. The minimum absolute atomic E-state index is 0.258. The number of nitrogens with one attached hydrogen (secondary N) is 2. The molecule has 0 saturated heterocycles. The number of rotatable bonds is 6. The zero-order chi connectivity index (χ0) is 18.4. The molecule has 0 aliphatic rings. The van der Waals surface area contributed by atoms with Crippen molar-refractivity contribution < 1.29 is 4.79 Å². The summed E-state index contributed by atoms with van der Waals surface area (Å²) in [6.07, 6.45) is 2.37. The van der Waals surface area contributed by atoms with E-state index in [-0.39, 0.29) is 5.91 Å². The van der Waals surface area contributed by atoms with Crippen LogP contribution in [-0.4, -0.2) is 15.9 Å². The van der Waals surface area contributed by atoms with Crippen molar-refractivity contribution in [3.63, 3.8) is 0 Å². The van der Waals surface area contributed by atoms with Gasteiger partial charge in [-0.3, -0.25) is 4.79 Å². The number of hydrogen-bond acceptors (Lipinski definition) is 4. The van der Waals surface area contributed by atoms with Crippen LogP contribution in [-0.2, 0) is 13.0 Å². The van der Waals surface area contributed by atoms with Gasteiger partial charge in [-0.05, 0) is 41.8 Å². The van der Waals surface area contributed by atoms with Crippen molar-refractivity contribution in [3.05, 3.63) is 82.8 Å². The van der Waals surface area contributed by atoms with Crippen molar-refractivity contribution >= 4 is 29.0 Å². The molecule has 26 heavy (non-hydrogen) atoms. The van der Waals surface area contributed by atoms with Gasteiger partial charge in [0.05, 0.1) is 0 Å². The molecule has 132 valence electrons. The summed E-state index contributed by atoms with van der Waals surface area (Å²) in [5.41, 5.74) is 3.45. The summed E-state index contributed by atoms with van der Waals surface area (Å²) in [5.74, 6) is 0.313. The van der Waals surface area contributed by atoms with Gasteiger partial charge in [0.1, 0.15) is 17.8 Å². The number of benzene rings is 2. The molecule has 5 nitrogen and oxygen atoms in total. The molecule has 0 bridgehead atoms. The average Bonchev–Trinajstić information content (AvgIpc) is 2.68. The molecule has 0 spiro atoms. The van der Waals surface area contributed by atoms with Crippen LogP contribution in [0.15, 0.2) is 60.9 Å². The van der Waals surface area contributed by atoms with Gasteiger partial charge in [-0.15, -0.1) is 0 Å². The van der Waals surface area contributed by atoms with Crippen molar-refractivity contribution in [1.29, 1.82) is 0 Å². The first kappa shape index (κ1) is 17.9. The fourth-order valence-electron chi connectivity index (χ4n) is 2.40. The van der Waals surface area contributed by atoms with Crippen LogP contribution in [0.3, 0.4) is 0 Å². The Morgan fingerprint density at radius 2 is 1.69 bits per heavy atom. The predicted octanol–water partition coefficient (Wildman–Crippen LogP) is 4.37. The number of aromatic nitrogens is 2. The summed E-state index contributed by atoms with van der Waals surface area (Å²) >= 11 is 5.86. The highest BCUT2D eigenvalue weighted by molar-refractivity contribution is 6.30. The smallest absolute Gasteiger partial charge is 0.270 e. The van der Waals surface area contributed by atoms with Gasteiger partial charge in [0.15, 0.2) is 0 Å². The topological polar surface area (TPSA) is 66.9 Å². The lowest BCUT2D eigenvalue weighted by Crippen LogP contribution is -2.24. The lowest BCUT2D eigenvalue weighted by molar-refractivity contribution is 0.0946. The van der Waals surface area contributed by atoms with E-state index in [2.05, 4.69) is 39.7 Å². The SMILES string of the molecule is CCc1ccc(Nc2cc(C(=O)NCc3ccc(Cl)cc3)ncn2)cc1. The lowest BCUT2D eigenvalue weighted by atomic mass is 10.1. The molecule has 0 fully saturated rings. The molecule has 1 heterocycles. The number of aryl methyl sites for hydroxylation is 1. The summed E-state index contributed by atoms with van der Waals surface area (Å²) in [5, 5.41) is 6.69. The van der Waals surface area contributed by atoms with Gasteiger partial charge in [-0.1, -0.05) is 42.8 Å². The normalized spacial score (nSPS) is 10.4.